The molecule has 0 aliphatic heterocycles. The fourth-order valence-corrected chi connectivity index (χ4v) is 2.79. The van der Waals surface area contributed by atoms with Crippen molar-refractivity contribution in [3.63, 3.8) is 0 Å². The summed E-state index contributed by atoms with van der Waals surface area (Å²) in [5.74, 6) is -0.938. The van der Waals surface area contributed by atoms with Crippen LogP contribution in [0.1, 0.15) is 39.2 Å². The van der Waals surface area contributed by atoms with Crippen molar-refractivity contribution in [2.75, 3.05) is 5.75 Å². The van der Waals surface area contributed by atoms with Gasteiger partial charge in [0.25, 0.3) is 0 Å². The Morgan fingerprint density at radius 1 is 1.52 bits per heavy atom. The number of carboxylic acids is 1. The van der Waals surface area contributed by atoms with Crippen molar-refractivity contribution >= 4 is 23.6 Å². The van der Waals surface area contributed by atoms with Gasteiger partial charge in [0.1, 0.15) is 12.4 Å². The molecule has 7 nitrogen and oxygen atoms in total. The summed E-state index contributed by atoms with van der Waals surface area (Å²) >= 11 is 1.29. The number of nitrogens with one attached hydrogen (secondary N) is 1. The Kier molecular flexibility index (Phi) is 5.22. The number of amides is 1. The van der Waals surface area contributed by atoms with Crippen molar-refractivity contribution < 1.29 is 14.7 Å². The van der Waals surface area contributed by atoms with Gasteiger partial charge in [-0.25, -0.2) is 4.79 Å². The van der Waals surface area contributed by atoms with Crippen LogP contribution in [0.4, 0.5) is 0 Å². The van der Waals surface area contributed by atoms with Crippen LogP contribution in [0.5, 0.6) is 0 Å². The monoisotopic (exact) mass is 312 g/mol. The van der Waals surface area contributed by atoms with Crippen LogP contribution in [0, 0.1) is 5.92 Å². The lowest BCUT2D eigenvalue weighted by atomic mass is 10.0. The molecule has 1 aliphatic rings. The minimum absolute atomic E-state index is 0.146. The van der Waals surface area contributed by atoms with Crippen molar-refractivity contribution in [2.45, 2.75) is 50.4 Å². The molecule has 21 heavy (non-hydrogen) atoms. The summed E-state index contributed by atoms with van der Waals surface area (Å²) in [4.78, 5) is 23.0. The SMILES string of the molecule is CC(C)C[C@@H](NC(=O)CSc1nncn1C1CC1)C(=O)O. The summed E-state index contributed by atoms with van der Waals surface area (Å²) < 4.78 is 1.97. The largest absolute Gasteiger partial charge is 0.480 e. The Balaban J connectivity index is 1.83. The maximum absolute atomic E-state index is 11.9. The maximum Gasteiger partial charge on any atom is 0.326 e. The van der Waals surface area contributed by atoms with E-state index in [2.05, 4.69) is 15.5 Å². The highest BCUT2D eigenvalue weighted by Gasteiger charge is 2.27. The van der Waals surface area contributed by atoms with E-state index in [1.807, 2.05) is 18.4 Å². The smallest absolute Gasteiger partial charge is 0.326 e. The fraction of sp³-hybridized carbons (Fsp3) is 0.692. The molecule has 2 rings (SSSR count). The number of thioether (sulfide) groups is 1. The predicted molar refractivity (Wildman–Crippen MR) is 78.0 cm³/mol. The summed E-state index contributed by atoms with van der Waals surface area (Å²) in [5, 5.41) is 20.2. The van der Waals surface area contributed by atoms with Crippen molar-refractivity contribution in [2.24, 2.45) is 5.92 Å². The molecule has 1 fully saturated rings. The summed E-state index contributed by atoms with van der Waals surface area (Å²) in [7, 11) is 0. The van der Waals surface area contributed by atoms with Crippen molar-refractivity contribution in [3.05, 3.63) is 6.33 Å². The lowest BCUT2D eigenvalue weighted by molar-refractivity contribution is -0.141. The highest BCUT2D eigenvalue weighted by Crippen LogP contribution is 2.37. The Bertz CT molecular complexity index is 513. The van der Waals surface area contributed by atoms with Crippen molar-refractivity contribution in [1.29, 1.82) is 0 Å². The minimum Gasteiger partial charge on any atom is -0.480 e. The first-order chi connectivity index (χ1) is 9.97. The normalized spacial score (nSPS) is 16.0. The van der Waals surface area contributed by atoms with Crippen LogP contribution >= 0.6 is 11.8 Å². The zero-order valence-electron chi connectivity index (χ0n) is 12.2. The van der Waals surface area contributed by atoms with Gasteiger partial charge in [-0.2, -0.15) is 0 Å². The van der Waals surface area contributed by atoms with Crippen LogP contribution in [-0.2, 0) is 9.59 Å². The second-order valence-electron chi connectivity index (χ2n) is 5.63. The van der Waals surface area contributed by atoms with Crippen LogP contribution in [-0.4, -0.2) is 43.5 Å². The summed E-state index contributed by atoms with van der Waals surface area (Å²) in [6, 6.07) is -0.377. The Hall–Kier alpha value is -1.57. The summed E-state index contributed by atoms with van der Waals surface area (Å²) in [6.07, 6.45) is 4.33. The van der Waals surface area contributed by atoms with Gasteiger partial charge in [0.05, 0.1) is 5.75 Å². The summed E-state index contributed by atoms with van der Waals surface area (Å²) in [5.41, 5.74) is 0. The lowest BCUT2D eigenvalue weighted by Crippen LogP contribution is -2.42. The first kappa shape index (κ1) is 15.8. The van der Waals surface area contributed by atoms with Crippen LogP contribution in [0.15, 0.2) is 11.5 Å². The number of nitrogens with zero attached hydrogens (tertiary/aromatic N) is 3. The second kappa shape index (κ2) is 6.93. The number of rotatable bonds is 8. The summed E-state index contributed by atoms with van der Waals surface area (Å²) in [6.45, 7) is 3.85. The lowest BCUT2D eigenvalue weighted by Gasteiger charge is -2.16. The van der Waals surface area contributed by atoms with Crippen LogP contribution < -0.4 is 5.32 Å². The molecule has 0 spiro atoms. The van der Waals surface area contributed by atoms with Gasteiger partial charge in [0.15, 0.2) is 5.16 Å². The van der Waals surface area contributed by atoms with E-state index in [1.165, 1.54) is 11.8 Å². The molecule has 1 aromatic rings. The number of hydrogen-bond acceptors (Lipinski definition) is 5. The Morgan fingerprint density at radius 3 is 2.81 bits per heavy atom. The molecule has 1 heterocycles. The molecule has 0 aromatic carbocycles. The van der Waals surface area contributed by atoms with E-state index in [0.29, 0.717) is 17.6 Å². The molecule has 0 bridgehead atoms. The average Bonchev–Trinajstić information content (AvgIpc) is 3.14. The van der Waals surface area contributed by atoms with E-state index in [4.69, 9.17) is 5.11 Å². The first-order valence-electron chi connectivity index (χ1n) is 7.02. The molecule has 116 valence electrons. The highest BCUT2D eigenvalue weighted by atomic mass is 32.2. The number of aromatic nitrogens is 3. The standard InChI is InChI=1S/C13H20N4O3S/c1-8(2)5-10(12(19)20)15-11(18)6-21-13-16-14-7-17(13)9-3-4-9/h7-10H,3-6H2,1-2H3,(H,15,18)(H,19,20)/t10-/m1/s1. The van der Waals surface area contributed by atoms with Gasteiger partial charge in [-0.05, 0) is 25.2 Å². The van der Waals surface area contributed by atoms with Crippen LogP contribution in [0.3, 0.4) is 0 Å². The zero-order chi connectivity index (χ0) is 15.4. The van der Waals surface area contributed by atoms with E-state index < -0.39 is 12.0 Å². The van der Waals surface area contributed by atoms with E-state index in [0.717, 1.165) is 12.8 Å². The number of carbonyl (C=O) groups excluding carboxylic acids is 1. The molecular formula is C13H20N4O3S. The Morgan fingerprint density at radius 2 is 2.24 bits per heavy atom. The third kappa shape index (κ3) is 4.73. The second-order valence-corrected chi connectivity index (χ2v) is 6.57. The Labute approximate surface area is 127 Å². The minimum atomic E-state index is -0.997. The van der Waals surface area contributed by atoms with Crippen molar-refractivity contribution in [3.8, 4) is 0 Å². The third-order valence-corrected chi connectivity index (χ3v) is 4.11. The van der Waals surface area contributed by atoms with Crippen molar-refractivity contribution in [1.82, 2.24) is 20.1 Å². The molecule has 8 heteroatoms. The van der Waals surface area contributed by atoms with E-state index in [1.54, 1.807) is 6.33 Å². The van der Waals surface area contributed by atoms with Gasteiger partial charge in [-0.1, -0.05) is 25.6 Å². The first-order valence-corrected chi connectivity index (χ1v) is 8.00. The van der Waals surface area contributed by atoms with Gasteiger partial charge in [0, 0.05) is 6.04 Å². The van der Waals surface area contributed by atoms with E-state index in [9.17, 15) is 9.59 Å². The number of aliphatic carboxylic acids is 1. The van der Waals surface area contributed by atoms with Gasteiger partial charge < -0.3 is 15.0 Å². The number of carboxylic acid groups (broad SMARTS) is 1. The van der Waals surface area contributed by atoms with Gasteiger partial charge in [-0.3, -0.25) is 4.79 Å². The van der Waals surface area contributed by atoms with E-state index in [-0.39, 0.29) is 17.6 Å². The average molecular weight is 312 g/mol. The fourth-order valence-electron chi connectivity index (χ4n) is 2.00. The number of carbonyl (C=O) groups is 2. The molecule has 0 saturated heterocycles. The van der Waals surface area contributed by atoms with Gasteiger partial charge in [0.2, 0.25) is 5.91 Å². The predicted octanol–water partition coefficient (Wildman–Crippen LogP) is 1.32. The van der Waals surface area contributed by atoms with E-state index >= 15 is 0 Å². The molecule has 2 N–H and O–H groups in total. The molecular weight excluding hydrogens is 292 g/mol. The topological polar surface area (TPSA) is 97.1 Å². The molecule has 0 unspecified atom stereocenters. The molecule has 1 amide bonds. The molecule has 1 atom stereocenters. The molecule has 1 aliphatic carbocycles. The van der Waals surface area contributed by atoms with Crippen LogP contribution in [0.25, 0.3) is 0 Å². The van der Waals surface area contributed by atoms with Gasteiger partial charge >= 0.3 is 5.97 Å². The third-order valence-electron chi connectivity index (χ3n) is 3.15. The quantitative estimate of drug-likeness (QED) is 0.703. The molecule has 0 radical (unpaired) electrons. The highest BCUT2D eigenvalue weighted by molar-refractivity contribution is 7.99. The molecule has 1 aromatic heterocycles. The number of hydrogen-bond donors (Lipinski definition) is 2. The zero-order valence-corrected chi connectivity index (χ0v) is 13.0. The van der Waals surface area contributed by atoms with Crippen LogP contribution in [0.2, 0.25) is 0 Å². The molecule has 1 saturated carbocycles. The maximum atomic E-state index is 11.9. The van der Waals surface area contributed by atoms with Gasteiger partial charge in [-0.15, -0.1) is 10.2 Å².